The highest BCUT2D eigenvalue weighted by Crippen LogP contribution is 2.37. The zero-order valence-corrected chi connectivity index (χ0v) is 16.6. The highest BCUT2D eigenvalue weighted by Gasteiger charge is 2.22. The first-order valence-corrected chi connectivity index (χ1v) is 10.7. The fourth-order valence-electron chi connectivity index (χ4n) is 3.73. The highest BCUT2D eigenvalue weighted by molar-refractivity contribution is 7.99. The normalized spacial score (nSPS) is 18.2. The molecule has 1 atom stereocenters. The molecule has 2 aromatic rings. The minimum atomic E-state index is 0.314. The summed E-state index contributed by atoms with van der Waals surface area (Å²) in [5.74, 6) is 4.11. The second-order valence-electron chi connectivity index (χ2n) is 7.00. The van der Waals surface area contributed by atoms with Crippen LogP contribution in [0.15, 0.2) is 41.3 Å². The van der Waals surface area contributed by atoms with Gasteiger partial charge in [0.1, 0.15) is 23.9 Å². The number of benzene rings is 2. The van der Waals surface area contributed by atoms with E-state index in [9.17, 15) is 0 Å². The van der Waals surface area contributed by atoms with Gasteiger partial charge in [-0.05, 0) is 61.7 Å². The van der Waals surface area contributed by atoms with Crippen LogP contribution in [0.1, 0.15) is 24.0 Å². The number of nitrogens with one attached hydrogen (secondary N) is 1. The Kier molecular flexibility index (Phi) is 6.10. The average Bonchev–Trinajstić information content (AvgIpc) is 2.73. The number of hydrogen-bond donors (Lipinski definition) is 1. The minimum Gasteiger partial charge on any atom is -0.496 e. The van der Waals surface area contributed by atoms with E-state index < -0.39 is 0 Å². The molecule has 144 valence electrons. The van der Waals surface area contributed by atoms with E-state index >= 15 is 0 Å². The molecule has 0 aliphatic carbocycles. The van der Waals surface area contributed by atoms with Gasteiger partial charge in [0, 0.05) is 11.6 Å². The maximum atomic E-state index is 6.07. The Hall–Kier alpha value is -1.85. The van der Waals surface area contributed by atoms with Gasteiger partial charge in [-0.1, -0.05) is 18.2 Å². The lowest BCUT2D eigenvalue weighted by Crippen LogP contribution is -2.40. The maximum Gasteiger partial charge on any atom is 0.133 e. The van der Waals surface area contributed by atoms with Gasteiger partial charge in [-0.15, -0.1) is 11.8 Å². The molecule has 1 unspecified atom stereocenters. The molecule has 0 amide bonds. The zero-order chi connectivity index (χ0) is 18.5. The maximum absolute atomic E-state index is 6.07. The summed E-state index contributed by atoms with van der Waals surface area (Å²) in [7, 11) is 1.71. The van der Waals surface area contributed by atoms with Crippen LogP contribution in [0.4, 0.5) is 0 Å². The second kappa shape index (κ2) is 8.89. The molecule has 5 heteroatoms. The first-order chi connectivity index (χ1) is 13.3. The van der Waals surface area contributed by atoms with Gasteiger partial charge in [0.2, 0.25) is 0 Å². The molecular formula is C22H27NO3S. The lowest BCUT2D eigenvalue weighted by molar-refractivity contribution is 0.229. The van der Waals surface area contributed by atoms with Gasteiger partial charge in [-0.3, -0.25) is 0 Å². The molecule has 0 spiro atoms. The quantitative estimate of drug-likeness (QED) is 0.727. The van der Waals surface area contributed by atoms with E-state index in [2.05, 4.69) is 23.5 Å². The van der Waals surface area contributed by atoms with Crippen LogP contribution < -0.4 is 19.5 Å². The summed E-state index contributed by atoms with van der Waals surface area (Å²) in [6.45, 7) is 2.35. The van der Waals surface area contributed by atoms with Crippen LogP contribution in [-0.4, -0.2) is 38.7 Å². The van der Waals surface area contributed by atoms with Crippen molar-refractivity contribution in [3.63, 3.8) is 0 Å². The van der Waals surface area contributed by atoms with Gasteiger partial charge in [-0.25, -0.2) is 0 Å². The Bertz CT molecular complexity index is 766. The molecule has 0 bridgehead atoms. The molecule has 4 nitrogen and oxygen atoms in total. The first-order valence-electron chi connectivity index (χ1n) is 9.74. The van der Waals surface area contributed by atoms with Crippen LogP contribution in [0.25, 0.3) is 0 Å². The fraction of sp³-hybridized carbons (Fsp3) is 0.455. The van der Waals surface area contributed by atoms with Gasteiger partial charge in [-0.2, -0.15) is 0 Å². The predicted octanol–water partition coefficient (Wildman–Crippen LogP) is 4.10. The SMILES string of the molecule is COc1cccc2c1CC(NCCCOc1cccc3c1SCCC3)CO2. The topological polar surface area (TPSA) is 39.7 Å². The Balaban J connectivity index is 1.23. The Morgan fingerprint density at radius 3 is 3.00 bits per heavy atom. The zero-order valence-electron chi connectivity index (χ0n) is 15.8. The number of hydrogen-bond acceptors (Lipinski definition) is 5. The van der Waals surface area contributed by atoms with Crippen molar-refractivity contribution in [1.82, 2.24) is 5.32 Å². The summed E-state index contributed by atoms with van der Waals surface area (Å²) in [6, 6.07) is 12.7. The largest absolute Gasteiger partial charge is 0.496 e. The summed E-state index contributed by atoms with van der Waals surface area (Å²) in [5.41, 5.74) is 2.60. The minimum absolute atomic E-state index is 0.314. The molecule has 2 aliphatic heterocycles. The number of rotatable bonds is 7. The monoisotopic (exact) mass is 385 g/mol. The number of fused-ring (bicyclic) bond motifs is 2. The highest BCUT2D eigenvalue weighted by atomic mass is 32.2. The Morgan fingerprint density at radius 2 is 2.07 bits per heavy atom. The van der Waals surface area contributed by atoms with Crippen LogP contribution >= 0.6 is 11.8 Å². The van der Waals surface area contributed by atoms with Crippen molar-refractivity contribution in [3.05, 3.63) is 47.5 Å². The van der Waals surface area contributed by atoms with Crippen molar-refractivity contribution in [2.75, 3.05) is 32.6 Å². The van der Waals surface area contributed by atoms with E-state index in [1.54, 1.807) is 7.11 Å². The standard InChI is InChI=1S/C22H27NO3S/c1-24-19-8-3-9-20-18(19)14-17(15-26-20)23-11-5-12-25-21-10-2-6-16-7-4-13-27-22(16)21/h2-3,6,8-10,17,23H,4-5,7,11-15H2,1H3. The van der Waals surface area contributed by atoms with Crippen molar-refractivity contribution in [2.24, 2.45) is 0 Å². The number of aryl methyl sites for hydroxylation is 1. The van der Waals surface area contributed by atoms with Crippen molar-refractivity contribution < 1.29 is 14.2 Å². The van der Waals surface area contributed by atoms with E-state index in [-0.39, 0.29) is 0 Å². The smallest absolute Gasteiger partial charge is 0.133 e. The van der Waals surface area contributed by atoms with E-state index in [1.165, 1.54) is 29.1 Å². The molecule has 1 N–H and O–H groups in total. The lowest BCUT2D eigenvalue weighted by atomic mass is 10.0. The first kappa shape index (κ1) is 18.5. The summed E-state index contributed by atoms with van der Waals surface area (Å²) in [4.78, 5) is 1.35. The van der Waals surface area contributed by atoms with Gasteiger partial charge in [0.15, 0.2) is 0 Å². The van der Waals surface area contributed by atoms with Crippen LogP contribution in [-0.2, 0) is 12.8 Å². The fourth-order valence-corrected chi connectivity index (χ4v) is 4.85. The summed E-state index contributed by atoms with van der Waals surface area (Å²) < 4.78 is 17.4. The third-order valence-electron chi connectivity index (χ3n) is 5.11. The van der Waals surface area contributed by atoms with Crippen molar-refractivity contribution in [3.8, 4) is 17.2 Å². The van der Waals surface area contributed by atoms with E-state index in [4.69, 9.17) is 14.2 Å². The summed E-state index contributed by atoms with van der Waals surface area (Å²) >= 11 is 1.93. The molecular weight excluding hydrogens is 358 g/mol. The van der Waals surface area contributed by atoms with Crippen molar-refractivity contribution in [2.45, 2.75) is 36.6 Å². The predicted molar refractivity (Wildman–Crippen MR) is 110 cm³/mol. The van der Waals surface area contributed by atoms with Crippen LogP contribution in [0, 0.1) is 0 Å². The molecule has 2 heterocycles. The van der Waals surface area contributed by atoms with Gasteiger partial charge >= 0.3 is 0 Å². The molecule has 27 heavy (non-hydrogen) atoms. The molecule has 0 radical (unpaired) electrons. The van der Waals surface area contributed by atoms with Gasteiger partial charge in [0.05, 0.1) is 18.6 Å². The van der Waals surface area contributed by atoms with Crippen molar-refractivity contribution in [1.29, 1.82) is 0 Å². The third-order valence-corrected chi connectivity index (χ3v) is 6.35. The van der Waals surface area contributed by atoms with E-state index in [0.29, 0.717) is 12.6 Å². The molecule has 0 saturated heterocycles. The number of ether oxygens (including phenoxy) is 3. The van der Waals surface area contributed by atoms with E-state index in [1.807, 2.05) is 30.0 Å². The molecule has 0 fully saturated rings. The number of thioether (sulfide) groups is 1. The van der Waals surface area contributed by atoms with Gasteiger partial charge in [0.25, 0.3) is 0 Å². The van der Waals surface area contributed by atoms with Crippen molar-refractivity contribution >= 4 is 11.8 Å². The number of methoxy groups -OCH3 is 1. The van der Waals surface area contributed by atoms with Crippen LogP contribution in [0.5, 0.6) is 17.2 Å². The van der Waals surface area contributed by atoms with E-state index in [0.717, 1.165) is 48.8 Å². The van der Waals surface area contributed by atoms with Gasteiger partial charge < -0.3 is 19.5 Å². The Labute approximate surface area is 165 Å². The molecule has 2 aliphatic rings. The van der Waals surface area contributed by atoms with Crippen LogP contribution in [0.3, 0.4) is 0 Å². The molecule has 0 saturated carbocycles. The molecule has 4 rings (SSSR count). The Morgan fingerprint density at radius 1 is 1.19 bits per heavy atom. The summed E-state index contributed by atoms with van der Waals surface area (Å²) in [6.07, 6.45) is 4.35. The average molecular weight is 386 g/mol. The van der Waals surface area contributed by atoms with Crippen LogP contribution in [0.2, 0.25) is 0 Å². The molecule has 0 aromatic heterocycles. The molecule has 2 aromatic carbocycles. The second-order valence-corrected chi connectivity index (χ2v) is 8.11. The lowest BCUT2D eigenvalue weighted by Gasteiger charge is -2.27. The third kappa shape index (κ3) is 4.36. The summed E-state index contributed by atoms with van der Waals surface area (Å²) in [5, 5.41) is 3.60.